The van der Waals surface area contributed by atoms with Crippen LogP contribution in [0.2, 0.25) is 0 Å². The molecule has 4 unspecified atom stereocenters. The molecule has 0 saturated heterocycles. The van der Waals surface area contributed by atoms with Gasteiger partial charge in [-0.3, -0.25) is 4.79 Å². The maximum atomic E-state index is 11.6. The first kappa shape index (κ1) is 6.80. The minimum Gasteiger partial charge on any atom is -0.299 e. The predicted octanol–water partition coefficient (Wildman–Crippen LogP) is 2.32. The molecule has 0 aliphatic heterocycles. The zero-order chi connectivity index (χ0) is 8.58. The normalized spacial score (nSPS) is 50.9. The van der Waals surface area contributed by atoms with Crippen LogP contribution in [0.3, 0.4) is 0 Å². The summed E-state index contributed by atoms with van der Waals surface area (Å²) >= 11 is 0. The lowest BCUT2D eigenvalue weighted by molar-refractivity contribution is -0.120. The summed E-state index contributed by atoms with van der Waals surface area (Å²) in [5.41, 5.74) is 3.43. The monoisotopic (exact) mass is 174 g/mol. The molecule has 4 bridgehead atoms. The molecule has 0 spiro atoms. The zero-order valence-corrected chi connectivity index (χ0v) is 7.75. The van der Waals surface area contributed by atoms with Crippen molar-refractivity contribution in [3.05, 3.63) is 11.1 Å². The first-order chi connectivity index (χ1) is 6.34. The number of Topliss-reactive ketones (excluding diaryl/α,β-unsaturated/α-hetero) is 1. The zero-order valence-electron chi connectivity index (χ0n) is 7.75. The summed E-state index contributed by atoms with van der Waals surface area (Å²) in [6, 6.07) is 0. The van der Waals surface area contributed by atoms with Gasteiger partial charge in [0.05, 0.1) is 0 Å². The molecule has 4 aliphatic carbocycles. The van der Waals surface area contributed by atoms with Gasteiger partial charge in [0.15, 0.2) is 0 Å². The van der Waals surface area contributed by atoms with Gasteiger partial charge < -0.3 is 0 Å². The number of rotatable bonds is 0. The Labute approximate surface area is 78.2 Å². The first-order valence-electron chi connectivity index (χ1n) is 5.61. The van der Waals surface area contributed by atoms with Crippen molar-refractivity contribution in [3.63, 3.8) is 0 Å². The van der Waals surface area contributed by atoms with E-state index in [1.807, 2.05) is 0 Å². The molecule has 0 heterocycles. The first-order valence-corrected chi connectivity index (χ1v) is 5.61. The van der Waals surface area contributed by atoms with E-state index in [4.69, 9.17) is 0 Å². The number of ketones is 1. The molecule has 2 saturated carbocycles. The topological polar surface area (TPSA) is 17.1 Å². The molecule has 4 rings (SSSR count). The van der Waals surface area contributed by atoms with E-state index in [9.17, 15) is 4.79 Å². The fourth-order valence-corrected chi connectivity index (χ4v) is 4.49. The summed E-state index contributed by atoms with van der Waals surface area (Å²) in [4.78, 5) is 11.6. The fraction of sp³-hybridized carbons (Fsp3) is 0.750. The molecule has 0 aromatic rings. The summed E-state index contributed by atoms with van der Waals surface area (Å²) < 4.78 is 0. The van der Waals surface area contributed by atoms with Gasteiger partial charge >= 0.3 is 0 Å². The van der Waals surface area contributed by atoms with Crippen molar-refractivity contribution in [2.24, 2.45) is 23.7 Å². The maximum absolute atomic E-state index is 11.6. The van der Waals surface area contributed by atoms with Gasteiger partial charge in [-0.25, -0.2) is 0 Å². The Bertz CT molecular complexity index is 339. The van der Waals surface area contributed by atoms with E-state index < -0.39 is 0 Å². The average Bonchev–Trinajstić information content (AvgIpc) is 2.78. The fourth-order valence-electron chi connectivity index (χ4n) is 4.49. The van der Waals surface area contributed by atoms with Crippen LogP contribution in [0.15, 0.2) is 11.1 Å². The second-order valence-electron chi connectivity index (χ2n) is 5.27. The Morgan fingerprint density at radius 1 is 0.923 bits per heavy atom. The average molecular weight is 174 g/mol. The van der Waals surface area contributed by atoms with Gasteiger partial charge in [0.25, 0.3) is 0 Å². The second kappa shape index (κ2) is 1.92. The number of fused-ring (bicyclic) bond motifs is 8. The van der Waals surface area contributed by atoms with Gasteiger partial charge in [0.2, 0.25) is 0 Å². The quantitative estimate of drug-likeness (QED) is 0.407. The summed E-state index contributed by atoms with van der Waals surface area (Å²) in [6.07, 6.45) is 6.33. The van der Waals surface area contributed by atoms with Crippen LogP contribution in [0.5, 0.6) is 0 Å². The minimum absolute atomic E-state index is 0.412. The maximum Gasteiger partial charge on any atom is 0.140 e. The van der Waals surface area contributed by atoms with E-state index in [1.165, 1.54) is 25.7 Å². The number of allylic oxidation sites excluding steroid dienone is 2. The van der Waals surface area contributed by atoms with Crippen molar-refractivity contribution < 1.29 is 4.79 Å². The predicted molar refractivity (Wildman–Crippen MR) is 49.1 cm³/mol. The van der Waals surface area contributed by atoms with E-state index >= 15 is 0 Å². The van der Waals surface area contributed by atoms with Gasteiger partial charge in [0.1, 0.15) is 5.78 Å². The summed E-state index contributed by atoms with van der Waals surface area (Å²) in [5, 5.41) is 0. The molecule has 0 aromatic heterocycles. The smallest absolute Gasteiger partial charge is 0.140 e. The molecule has 1 heteroatoms. The van der Waals surface area contributed by atoms with Gasteiger partial charge in [-0.05, 0) is 43.4 Å². The van der Waals surface area contributed by atoms with Crippen molar-refractivity contribution in [1.82, 2.24) is 0 Å². The number of hydrogen-bond donors (Lipinski definition) is 0. The Morgan fingerprint density at radius 2 is 1.69 bits per heavy atom. The second-order valence-corrected chi connectivity index (χ2v) is 5.27. The molecule has 1 nitrogen and oxygen atoms in total. The minimum atomic E-state index is 0.412. The Morgan fingerprint density at radius 3 is 2.54 bits per heavy atom. The Balaban J connectivity index is 1.90. The van der Waals surface area contributed by atoms with Gasteiger partial charge in [0, 0.05) is 12.3 Å². The van der Waals surface area contributed by atoms with Crippen LogP contribution in [0.25, 0.3) is 0 Å². The number of carbonyl (C=O) groups is 1. The van der Waals surface area contributed by atoms with Crippen LogP contribution in [0.1, 0.15) is 32.1 Å². The molecule has 0 N–H and O–H groups in total. The van der Waals surface area contributed by atoms with Crippen molar-refractivity contribution in [3.8, 4) is 0 Å². The summed E-state index contributed by atoms with van der Waals surface area (Å²) in [6.45, 7) is 0. The molecular weight excluding hydrogens is 160 g/mol. The highest BCUT2D eigenvalue weighted by Gasteiger charge is 2.54. The van der Waals surface area contributed by atoms with E-state index in [-0.39, 0.29) is 0 Å². The van der Waals surface area contributed by atoms with Crippen molar-refractivity contribution in [2.45, 2.75) is 32.1 Å². The molecule has 4 atom stereocenters. The van der Waals surface area contributed by atoms with E-state index in [2.05, 4.69) is 0 Å². The molecule has 13 heavy (non-hydrogen) atoms. The van der Waals surface area contributed by atoms with Crippen molar-refractivity contribution >= 4 is 5.78 Å². The van der Waals surface area contributed by atoms with Gasteiger partial charge in [-0.15, -0.1) is 0 Å². The third kappa shape index (κ3) is 0.619. The Hall–Kier alpha value is -0.590. The van der Waals surface area contributed by atoms with Crippen LogP contribution in [0.4, 0.5) is 0 Å². The molecule has 0 amide bonds. The van der Waals surface area contributed by atoms with Crippen LogP contribution in [0, 0.1) is 23.7 Å². The number of carbonyl (C=O) groups excluding carboxylic acids is 1. The third-order valence-electron chi connectivity index (χ3n) is 4.82. The highest BCUT2D eigenvalue weighted by molar-refractivity contribution is 5.89. The van der Waals surface area contributed by atoms with Crippen molar-refractivity contribution in [1.29, 1.82) is 0 Å². The summed E-state index contributed by atoms with van der Waals surface area (Å²) in [5.74, 6) is 3.46. The SMILES string of the molecule is O=C1CC2CC1C1=C2C2CCC1C2. The van der Waals surface area contributed by atoms with E-state index in [1.54, 1.807) is 11.1 Å². The molecule has 68 valence electrons. The standard InChI is InChI=1S/C12H14O/c13-10-5-8-4-9(10)12-7-2-1-6(3-7)11(8)12/h6-9H,1-5H2. The lowest BCUT2D eigenvalue weighted by Crippen LogP contribution is -2.17. The van der Waals surface area contributed by atoms with E-state index in [0.29, 0.717) is 17.6 Å². The highest BCUT2D eigenvalue weighted by Crippen LogP contribution is 2.62. The molecule has 0 radical (unpaired) electrons. The third-order valence-corrected chi connectivity index (χ3v) is 4.82. The van der Waals surface area contributed by atoms with E-state index in [0.717, 1.165) is 18.3 Å². The summed E-state index contributed by atoms with van der Waals surface area (Å²) in [7, 11) is 0. The molecular formula is C12H14O. The van der Waals surface area contributed by atoms with Crippen LogP contribution in [-0.4, -0.2) is 5.78 Å². The van der Waals surface area contributed by atoms with Crippen LogP contribution in [-0.2, 0) is 4.79 Å². The van der Waals surface area contributed by atoms with Gasteiger partial charge in [-0.1, -0.05) is 11.1 Å². The molecule has 2 fully saturated rings. The molecule has 0 aromatic carbocycles. The highest BCUT2D eigenvalue weighted by atomic mass is 16.1. The Kier molecular flexibility index (Phi) is 1.00. The van der Waals surface area contributed by atoms with Crippen LogP contribution >= 0.6 is 0 Å². The van der Waals surface area contributed by atoms with Crippen LogP contribution < -0.4 is 0 Å². The lowest BCUT2D eigenvalue weighted by atomic mass is 9.82. The largest absolute Gasteiger partial charge is 0.299 e. The molecule has 4 aliphatic rings. The number of hydrogen-bond acceptors (Lipinski definition) is 1. The van der Waals surface area contributed by atoms with Crippen molar-refractivity contribution in [2.75, 3.05) is 0 Å². The van der Waals surface area contributed by atoms with Gasteiger partial charge in [-0.2, -0.15) is 0 Å². The lowest BCUT2D eigenvalue weighted by Gasteiger charge is -2.22.